The second kappa shape index (κ2) is 6.95. The van der Waals surface area contributed by atoms with Crippen molar-refractivity contribution in [2.24, 2.45) is 5.92 Å². The Morgan fingerprint density at radius 2 is 1.95 bits per heavy atom. The van der Waals surface area contributed by atoms with Crippen LogP contribution in [0.25, 0.3) is 0 Å². The highest BCUT2D eigenvalue weighted by molar-refractivity contribution is 5.36. The van der Waals surface area contributed by atoms with Crippen molar-refractivity contribution in [2.75, 3.05) is 13.7 Å². The van der Waals surface area contributed by atoms with Gasteiger partial charge in [0, 0.05) is 6.42 Å². The third kappa shape index (κ3) is 4.24. The molecule has 2 N–H and O–H groups in total. The number of hydrogen-bond donors (Lipinski definition) is 1. The summed E-state index contributed by atoms with van der Waals surface area (Å²) in [5.74, 6) is 1.98. The Balaban J connectivity index is 1.80. The third-order valence-electron chi connectivity index (χ3n) is 4.41. The molecule has 0 spiro atoms. The second-order valence-corrected chi connectivity index (χ2v) is 6.11. The molecule has 0 heterocycles. The van der Waals surface area contributed by atoms with Gasteiger partial charge in [0.15, 0.2) is 0 Å². The number of rotatable bonds is 5. The van der Waals surface area contributed by atoms with E-state index in [-0.39, 0.29) is 0 Å². The number of quaternary nitrogens is 1. The number of benzene rings is 1. The van der Waals surface area contributed by atoms with Crippen LogP contribution in [0.15, 0.2) is 18.2 Å². The summed E-state index contributed by atoms with van der Waals surface area (Å²) >= 11 is 0. The van der Waals surface area contributed by atoms with Crippen LogP contribution < -0.4 is 10.1 Å². The van der Waals surface area contributed by atoms with Crippen LogP contribution in [-0.2, 0) is 6.42 Å². The molecule has 0 atom stereocenters. The minimum absolute atomic E-state index is 0.854. The van der Waals surface area contributed by atoms with Crippen molar-refractivity contribution in [3.63, 3.8) is 0 Å². The summed E-state index contributed by atoms with van der Waals surface area (Å²) < 4.78 is 5.44. The molecule has 0 amide bonds. The average Bonchev–Trinajstić information content (AvgIpc) is 2.41. The van der Waals surface area contributed by atoms with E-state index in [1.54, 1.807) is 7.11 Å². The fourth-order valence-corrected chi connectivity index (χ4v) is 3.10. The molecule has 0 radical (unpaired) electrons. The first-order valence-electron chi connectivity index (χ1n) is 7.66. The van der Waals surface area contributed by atoms with E-state index in [4.69, 9.17) is 4.74 Å². The van der Waals surface area contributed by atoms with Crippen LogP contribution in [0.3, 0.4) is 0 Å². The Bertz CT molecular complexity index is 394. The third-order valence-corrected chi connectivity index (χ3v) is 4.41. The molecule has 1 aliphatic carbocycles. The zero-order valence-electron chi connectivity index (χ0n) is 12.6. The van der Waals surface area contributed by atoms with Gasteiger partial charge < -0.3 is 10.1 Å². The standard InChI is InChI=1S/C17H27NO/c1-13-4-7-16(8-5-13)18-11-10-15-12-14(2)6-9-17(15)19-3/h6,9,12-13,16,18H,4-5,7-8,10-11H2,1-3H3/p+1. The number of ether oxygens (including phenoxy) is 1. The minimum atomic E-state index is 0.854. The molecule has 1 fully saturated rings. The highest BCUT2D eigenvalue weighted by atomic mass is 16.5. The van der Waals surface area contributed by atoms with Gasteiger partial charge in [0.2, 0.25) is 0 Å². The van der Waals surface area contributed by atoms with Crippen molar-refractivity contribution < 1.29 is 10.1 Å². The smallest absolute Gasteiger partial charge is 0.122 e. The average molecular weight is 262 g/mol. The summed E-state index contributed by atoms with van der Waals surface area (Å²) in [4.78, 5) is 0. The number of aryl methyl sites for hydroxylation is 1. The van der Waals surface area contributed by atoms with Crippen molar-refractivity contribution in [3.8, 4) is 5.75 Å². The lowest BCUT2D eigenvalue weighted by atomic mass is 9.87. The molecule has 1 aliphatic rings. The largest absolute Gasteiger partial charge is 0.496 e. The van der Waals surface area contributed by atoms with Crippen LogP contribution in [0.2, 0.25) is 0 Å². The normalized spacial score (nSPS) is 23.3. The Kier molecular flexibility index (Phi) is 5.26. The number of nitrogens with two attached hydrogens (primary N) is 1. The van der Waals surface area contributed by atoms with Gasteiger partial charge in [0.1, 0.15) is 5.75 Å². The molecule has 0 unspecified atom stereocenters. The van der Waals surface area contributed by atoms with Gasteiger partial charge in [-0.3, -0.25) is 0 Å². The highest BCUT2D eigenvalue weighted by Gasteiger charge is 2.20. The van der Waals surface area contributed by atoms with Gasteiger partial charge in [-0.1, -0.05) is 24.6 Å². The summed E-state index contributed by atoms with van der Waals surface area (Å²) in [5.41, 5.74) is 2.67. The lowest BCUT2D eigenvalue weighted by Gasteiger charge is -2.24. The van der Waals surface area contributed by atoms with E-state index in [1.165, 1.54) is 43.4 Å². The fourth-order valence-electron chi connectivity index (χ4n) is 3.10. The Morgan fingerprint density at radius 3 is 2.63 bits per heavy atom. The maximum absolute atomic E-state index is 5.44. The Labute approximate surface area is 117 Å². The van der Waals surface area contributed by atoms with Crippen molar-refractivity contribution in [1.29, 1.82) is 0 Å². The van der Waals surface area contributed by atoms with Crippen LogP contribution in [-0.4, -0.2) is 19.7 Å². The lowest BCUT2D eigenvalue weighted by molar-refractivity contribution is -0.691. The first-order chi connectivity index (χ1) is 9.19. The molecule has 1 saturated carbocycles. The minimum Gasteiger partial charge on any atom is -0.496 e. The van der Waals surface area contributed by atoms with Gasteiger partial charge in [-0.15, -0.1) is 0 Å². The maximum Gasteiger partial charge on any atom is 0.122 e. The molecule has 2 nitrogen and oxygen atoms in total. The van der Waals surface area contributed by atoms with E-state index in [0.29, 0.717) is 0 Å². The maximum atomic E-state index is 5.44. The molecule has 19 heavy (non-hydrogen) atoms. The predicted molar refractivity (Wildman–Crippen MR) is 79.6 cm³/mol. The van der Waals surface area contributed by atoms with E-state index in [1.807, 2.05) is 0 Å². The molecule has 0 aliphatic heterocycles. The highest BCUT2D eigenvalue weighted by Crippen LogP contribution is 2.22. The molecule has 0 bridgehead atoms. The molecule has 2 heteroatoms. The monoisotopic (exact) mass is 262 g/mol. The SMILES string of the molecule is COc1ccc(C)cc1CC[NH2+]C1CCC(C)CC1. The number of methoxy groups -OCH3 is 1. The quantitative estimate of drug-likeness (QED) is 0.867. The molecule has 2 rings (SSSR count). The van der Waals surface area contributed by atoms with Gasteiger partial charge in [0.05, 0.1) is 19.7 Å². The fraction of sp³-hybridized carbons (Fsp3) is 0.647. The lowest BCUT2D eigenvalue weighted by Crippen LogP contribution is -2.90. The summed E-state index contributed by atoms with van der Waals surface area (Å²) in [6.45, 7) is 5.71. The zero-order chi connectivity index (χ0) is 13.7. The molecule has 0 aromatic heterocycles. The molecule has 1 aromatic carbocycles. The summed E-state index contributed by atoms with van der Waals surface area (Å²) in [6.07, 6.45) is 6.72. The summed E-state index contributed by atoms with van der Waals surface area (Å²) in [6, 6.07) is 7.32. The molecular weight excluding hydrogens is 234 g/mol. The van der Waals surface area contributed by atoms with Gasteiger partial charge in [-0.05, 0) is 50.2 Å². The van der Waals surface area contributed by atoms with Crippen LogP contribution in [0.1, 0.15) is 43.7 Å². The van der Waals surface area contributed by atoms with Gasteiger partial charge >= 0.3 is 0 Å². The molecule has 0 saturated heterocycles. The Hall–Kier alpha value is -1.02. The first kappa shape index (κ1) is 14.4. The van der Waals surface area contributed by atoms with Crippen LogP contribution >= 0.6 is 0 Å². The molecular formula is C17H28NO+. The number of hydrogen-bond acceptors (Lipinski definition) is 1. The van der Waals surface area contributed by atoms with E-state index < -0.39 is 0 Å². The van der Waals surface area contributed by atoms with Gasteiger partial charge in [-0.25, -0.2) is 0 Å². The van der Waals surface area contributed by atoms with Crippen molar-refractivity contribution >= 4 is 0 Å². The predicted octanol–water partition coefficient (Wildman–Crippen LogP) is 2.69. The first-order valence-corrected chi connectivity index (χ1v) is 7.66. The van der Waals surface area contributed by atoms with Crippen LogP contribution in [0.4, 0.5) is 0 Å². The summed E-state index contributed by atoms with van der Waals surface area (Å²) in [7, 11) is 1.76. The van der Waals surface area contributed by atoms with E-state index >= 15 is 0 Å². The van der Waals surface area contributed by atoms with Gasteiger partial charge in [0.25, 0.3) is 0 Å². The second-order valence-electron chi connectivity index (χ2n) is 6.11. The topological polar surface area (TPSA) is 25.8 Å². The van der Waals surface area contributed by atoms with Crippen molar-refractivity contribution in [3.05, 3.63) is 29.3 Å². The van der Waals surface area contributed by atoms with Crippen molar-refractivity contribution in [2.45, 2.75) is 52.0 Å². The van der Waals surface area contributed by atoms with Crippen molar-refractivity contribution in [1.82, 2.24) is 0 Å². The van der Waals surface area contributed by atoms with E-state index in [0.717, 1.165) is 24.1 Å². The van der Waals surface area contributed by atoms with E-state index in [2.05, 4.69) is 37.4 Å². The Morgan fingerprint density at radius 1 is 1.21 bits per heavy atom. The van der Waals surface area contributed by atoms with Crippen LogP contribution in [0, 0.1) is 12.8 Å². The summed E-state index contributed by atoms with van der Waals surface area (Å²) in [5, 5.41) is 2.55. The zero-order valence-corrected chi connectivity index (χ0v) is 12.6. The molecule has 1 aromatic rings. The molecule has 106 valence electrons. The van der Waals surface area contributed by atoms with Crippen LogP contribution in [0.5, 0.6) is 5.75 Å². The van der Waals surface area contributed by atoms with E-state index in [9.17, 15) is 0 Å². The van der Waals surface area contributed by atoms with Gasteiger partial charge in [-0.2, -0.15) is 0 Å².